The summed E-state index contributed by atoms with van der Waals surface area (Å²) in [6, 6.07) is 25.4. The lowest BCUT2D eigenvalue weighted by atomic mass is 10.0. The highest BCUT2D eigenvalue weighted by atomic mass is 35.5. The molecule has 0 heterocycles. The number of hydrogen-bond acceptors (Lipinski definition) is 4. The number of hydrogen-bond donors (Lipinski definition) is 1. The average Bonchev–Trinajstić information content (AvgIpc) is 3.00. The number of carbonyl (C=O) groups excluding carboxylic acids is 2. The number of rotatable bonds is 12. The number of amides is 2. The quantitative estimate of drug-likeness (QED) is 0.189. The van der Waals surface area contributed by atoms with Gasteiger partial charge in [0.15, 0.2) is 0 Å². The van der Waals surface area contributed by atoms with Crippen LogP contribution < -0.4 is 9.62 Å². The Bertz CT molecular complexity index is 1690. The van der Waals surface area contributed by atoms with Crippen LogP contribution >= 0.6 is 23.2 Å². The molecule has 11 heteroatoms. The van der Waals surface area contributed by atoms with E-state index in [1.165, 1.54) is 47.4 Å². The summed E-state index contributed by atoms with van der Waals surface area (Å²) in [4.78, 5) is 29.3. The number of halogens is 3. The number of para-hydroxylation sites is 1. The molecule has 4 aromatic carbocycles. The largest absolute Gasteiger partial charge is 0.352 e. The van der Waals surface area contributed by atoms with Crippen LogP contribution in [0.3, 0.4) is 0 Å². The molecule has 2 amide bonds. The van der Waals surface area contributed by atoms with E-state index in [4.69, 9.17) is 23.2 Å². The van der Waals surface area contributed by atoms with E-state index in [0.717, 1.165) is 15.9 Å². The lowest BCUT2D eigenvalue weighted by molar-refractivity contribution is -0.140. The van der Waals surface area contributed by atoms with Gasteiger partial charge in [0.25, 0.3) is 10.0 Å². The van der Waals surface area contributed by atoms with Gasteiger partial charge in [0.05, 0.1) is 10.6 Å². The van der Waals surface area contributed by atoms with Gasteiger partial charge < -0.3 is 10.2 Å². The first-order valence-electron chi connectivity index (χ1n) is 13.9. The highest BCUT2D eigenvalue weighted by Gasteiger charge is 2.36. The van der Waals surface area contributed by atoms with Crippen LogP contribution in [0.2, 0.25) is 10.0 Å². The Kier molecular flexibility index (Phi) is 11.0. The molecule has 0 fully saturated rings. The van der Waals surface area contributed by atoms with Crippen LogP contribution in [0.5, 0.6) is 0 Å². The number of nitrogens with one attached hydrogen (secondary N) is 1. The van der Waals surface area contributed by atoms with Crippen molar-refractivity contribution in [3.05, 3.63) is 130 Å². The van der Waals surface area contributed by atoms with Gasteiger partial charge >= 0.3 is 0 Å². The van der Waals surface area contributed by atoms with E-state index in [-0.39, 0.29) is 39.6 Å². The average molecular weight is 657 g/mol. The zero-order valence-corrected chi connectivity index (χ0v) is 26.5. The van der Waals surface area contributed by atoms with Crippen molar-refractivity contribution in [3.8, 4) is 0 Å². The van der Waals surface area contributed by atoms with E-state index in [1.54, 1.807) is 38.1 Å². The number of benzene rings is 4. The van der Waals surface area contributed by atoms with Crippen molar-refractivity contribution in [1.29, 1.82) is 0 Å². The molecule has 0 saturated heterocycles. The molecule has 44 heavy (non-hydrogen) atoms. The van der Waals surface area contributed by atoms with E-state index in [0.29, 0.717) is 5.56 Å². The summed E-state index contributed by atoms with van der Waals surface area (Å²) >= 11 is 13.0. The molecule has 4 aromatic rings. The molecular formula is C33H32Cl2FN3O4S. The Morgan fingerprint density at radius 3 is 1.98 bits per heavy atom. The Labute approximate surface area is 267 Å². The van der Waals surface area contributed by atoms with Gasteiger partial charge in [-0.15, -0.1) is 0 Å². The van der Waals surface area contributed by atoms with Gasteiger partial charge in [0, 0.05) is 34.6 Å². The second kappa shape index (κ2) is 14.7. The zero-order chi connectivity index (χ0) is 31.9. The molecule has 230 valence electrons. The third-order valence-electron chi connectivity index (χ3n) is 6.82. The van der Waals surface area contributed by atoms with Gasteiger partial charge in [-0.2, -0.15) is 0 Å². The van der Waals surface area contributed by atoms with Gasteiger partial charge in [-0.3, -0.25) is 13.9 Å². The van der Waals surface area contributed by atoms with Gasteiger partial charge in [0.1, 0.15) is 18.4 Å². The molecule has 0 aromatic heterocycles. The van der Waals surface area contributed by atoms with Crippen LogP contribution in [0.15, 0.2) is 108 Å². The van der Waals surface area contributed by atoms with E-state index in [1.807, 2.05) is 30.3 Å². The lowest BCUT2D eigenvalue weighted by Crippen LogP contribution is -2.54. The van der Waals surface area contributed by atoms with Crippen LogP contribution in [-0.2, 0) is 32.6 Å². The molecule has 0 spiro atoms. The maximum atomic E-state index is 15.2. The van der Waals surface area contributed by atoms with Gasteiger partial charge in [-0.25, -0.2) is 12.8 Å². The fourth-order valence-corrected chi connectivity index (χ4v) is 6.64. The maximum Gasteiger partial charge on any atom is 0.264 e. The molecule has 0 aliphatic rings. The topological polar surface area (TPSA) is 86.8 Å². The Balaban J connectivity index is 1.84. The summed E-state index contributed by atoms with van der Waals surface area (Å²) < 4.78 is 43.7. The molecule has 1 unspecified atom stereocenters. The Hall–Kier alpha value is -3.92. The molecule has 0 radical (unpaired) electrons. The number of carbonyl (C=O) groups is 2. The molecular weight excluding hydrogens is 624 g/mol. The second-order valence-electron chi connectivity index (χ2n) is 10.4. The smallest absolute Gasteiger partial charge is 0.264 e. The molecule has 1 N–H and O–H groups in total. The highest BCUT2D eigenvalue weighted by Crippen LogP contribution is 2.30. The van der Waals surface area contributed by atoms with Gasteiger partial charge in [-0.1, -0.05) is 89.9 Å². The highest BCUT2D eigenvalue weighted by molar-refractivity contribution is 7.92. The fourth-order valence-electron chi connectivity index (χ4n) is 4.68. The van der Waals surface area contributed by atoms with Crippen LogP contribution in [0.25, 0.3) is 0 Å². The maximum absolute atomic E-state index is 15.2. The minimum absolute atomic E-state index is 0.109. The first-order chi connectivity index (χ1) is 21.0. The summed E-state index contributed by atoms with van der Waals surface area (Å²) in [6.07, 6.45) is 0.109. The van der Waals surface area contributed by atoms with Crippen molar-refractivity contribution in [1.82, 2.24) is 10.2 Å². The molecule has 0 aliphatic heterocycles. The SMILES string of the molecule is CC(C)NC(=O)C(Cc1ccccc1)N(Cc1c(Cl)cccc1Cl)C(=O)CN(c1ccccc1F)S(=O)(=O)c1ccccc1. The summed E-state index contributed by atoms with van der Waals surface area (Å²) in [5.41, 5.74) is 0.831. The lowest BCUT2D eigenvalue weighted by Gasteiger charge is -2.34. The minimum Gasteiger partial charge on any atom is -0.352 e. The normalized spacial score (nSPS) is 12.0. The number of anilines is 1. The summed E-state index contributed by atoms with van der Waals surface area (Å²) in [6.45, 7) is 2.57. The third-order valence-corrected chi connectivity index (χ3v) is 9.31. The van der Waals surface area contributed by atoms with E-state index in [2.05, 4.69) is 5.32 Å². The van der Waals surface area contributed by atoms with Crippen molar-refractivity contribution in [2.75, 3.05) is 10.8 Å². The molecule has 1 atom stereocenters. The Morgan fingerprint density at radius 1 is 0.818 bits per heavy atom. The molecule has 0 bridgehead atoms. The third kappa shape index (κ3) is 7.96. The van der Waals surface area contributed by atoms with Crippen LogP contribution in [-0.4, -0.2) is 43.8 Å². The first kappa shape index (κ1) is 33.0. The molecule has 7 nitrogen and oxygen atoms in total. The zero-order valence-electron chi connectivity index (χ0n) is 24.2. The predicted octanol–water partition coefficient (Wildman–Crippen LogP) is 6.49. The summed E-state index contributed by atoms with van der Waals surface area (Å²) in [7, 11) is -4.43. The molecule has 0 saturated carbocycles. The van der Waals surface area contributed by atoms with Gasteiger partial charge in [-0.05, 0) is 55.8 Å². The molecule has 4 rings (SSSR count). The second-order valence-corrected chi connectivity index (χ2v) is 13.0. The van der Waals surface area contributed by atoms with Crippen LogP contribution in [0.1, 0.15) is 25.0 Å². The fraction of sp³-hybridized carbons (Fsp3) is 0.212. The van der Waals surface area contributed by atoms with Crippen molar-refractivity contribution in [2.45, 2.75) is 43.8 Å². The van der Waals surface area contributed by atoms with Crippen molar-refractivity contribution in [3.63, 3.8) is 0 Å². The van der Waals surface area contributed by atoms with Gasteiger partial charge in [0.2, 0.25) is 11.8 Å². The van der Waals surface area contributed by atoms with Crippen molar-refractivity contribution >= 4 is 50.7 Å². The predicted molar refractivity (Wildman–Crippen MR) is 172 cm³/mol. The molecule has 0 aliphatic carbocycles. The minimum atomic E-state index is -4.43. The van der Waals surface area contributed by atoms with E-state index < -0.39 is 40.2 Å². The van der Waals surface area contributed by atoms with Crippen molar-refractivity contribution < 1.29 is 22.4 Å². The van der Waals surface area contributed by atoms with E-state index in [9.17, 15) is 18.0 Å². The van der Waals surface area contributed by atoms with Crippen LogP contribution in [0.4, 0.5) is 10.1 Å². The number of sulfonamides is 1. The van der Waals surface area contributed by atoms with Crippen molar-refractivity contribution in [2.24, 2.45) is 0 Å². The Morgan fingerprint density at radius 2 is 1.39 bits per heavy atom. The summed E-state index contributed by atoms with van der Waals surface area (Å²) in [5, 5.41) is 3.40. The monoisotopic (exact) mass is 655 g/mol. The van der Waals surface area contributed by atoms with E-state index >= 15 is 4.39 Å². The number of nitrogens with zero attached hydrogens (tertiary/aromatic N) is 2. The first-order valence-corrected chi connectivity index (χ1v) is 16.1. The van der Waals surface area contributed by atoms with Crippen LogP contribution in [0, 0.1) is 5.82 Å². The summed E-state index contributed by atoms with van der Waals surface area (Å²) in [5.74, 6) is -2.05. The standard InChI is InChI=1S/C33H32Cl2FN3O4S/c1-23(2)37-33(41)31(20-24-12-5-3-6-13-24)38(21-26-27(34)16-11-17-28(26)35)32(40)22-39(30-19-10-9-18-29(30)36)44(42,43)25-14-7-4-8-15-25/h3-19,23,31H,20-22H2,1-2H3,(H,37,41).